The molecule has 2 saturated carbocycles. The molecule has 2 rings (SSSR count). The molecule has 6 unspecified atom stereocenters. The van der Waals surface area contributed by atoms with Crippen LogP contribution in [0.5, 0.6) is 0 Å². The second kappa shape index (κ2) is 15.8. The van der Waals surface area contributed by atoms with E-state index in [1.165, 1.54) is 103 Å². The fraction of sp³-hybridized carbons (Fsp3) is 1.00. The second-order valence-corrected chi connectivity index (χ2v) is 12.6. The van der Waals surface area contributed by atoms with Gasteiger partial charge in [0.2, 0.25) is 0 Å². The zero-order valence-corrected chi connectivity index (χ0v) is 22.9. The smallest absolute Gasteiger partial charge is 0.0100 e. The summed E-state index contributed by atoms with van der Waals surface area (Å²) in [5, 5.41) is 7.88. The molecule has 2 aliphatic rings. The molecule has 0 aromatic carbocycles. The third-order valence-corrected chi connectivity index (χ3v) is 8.96. The van der Waals surface area contributed by atoms with E-state index in [2.05, 4.69) is 52.2 Å². The molecule has 2 nitrogen and oxygen atoms in total. The first kappa shape index (κ1) is 28.2. The molecular formula is C30H60N2. The highest BCUT2D eigenvalue weighted by Crippen LogP contribution is 2.34. The van der Waals surface area contributed by atoms with Gasteiger partial charge in [0.25, 0.3) is 0 Å². The summed E-state index contributed by atoms with van der Waals surface area (Å²) in [6, 6.07) is 1.56. The summed E-state index contributed by atoms with van der Waals surface area (Å²) in [5.74, 6) is 5.30. The molecule has 0 amide bonds. The fourth-order valence-electron chi connectivity index (χ4n) is 6.76. The van der Waals surface area contributed by atoms with Gasteiger partial charge in [-0.05, 0) is 87.1 Å². The number of unbranched alkanes of at least 4 members (excludes halogenated alkanes) is 7. The molecule has 2 heteroatoms. The molecule has 0 aromatic rings. The van der Waals surface area contributed by atoms with E-state index in [1.807, 2.05) is 0 Å². The van der Waals surface area contributed by atoms with E-state index in [4.69, 9.17) is 0 Å². The molecule has 32 heavy (non-hydrogen) atoms. The van der Waals surface area contributed by atoms with Crippen molar-refractivity contribution in [2.45, 2.75) is 144 Å². The summed E-state index contributed by atoms with van der Waals surface area (Å²) >= 11 is 0. The standard InChI is InChI=1S/C30H60N2/c1-23(2)27-17-15-25(5)21-29(27)31-19-13-11-9-7-8-10-12-14-20-32-30-22-26(6)16-18-28(30)24(3)4/h23-32H,7-22H2,1-6H3. The largest absolute Gasteiger partial charge is 0.314 e. The Kier molecular flexibility index (Phi) is 13.9. The third-order valence-electron chi connectivity index (χ3n) is 8.96. The van der Waals surface area contributed by atoms with E-state index in [1.54, 1.807) is 0 Å². The molecule has 2 aliphatic carbocycles. The van der Waals surface area contributed by atoms with Crippen LogP contribution in [0.2, 0.25) is 0 Å². The Hall–Kier alpha value is -0.0800. The van der Waals surface area contributed by atoms with E-state index < -0.39 is 0 Å². The van der Waals surface area contributed by atoms with Crippen molar-refractivity contribution in [3.05, 3.63) is 0 Å². The maximum absolute atomic E-state index is 3.94. The zero-order chi connectivity index (χ0) is 23.3. The highest BCUT2D eigenvalue weighted by atomic mass is 14.9. The molecule has 2 fully saturated rings. The van der Waals surface area contributed by atoms with Crippen LogP contribution < -0.4 is 10.6 Å². The summed E-state index contributed by atoms with van der Waals surface area (Å²) in [5.41, 5.74) is 0. The summed E-state index contributed by atoms with van der Waals surface area (Å²) in [6.07, 6.45) is 19.9. The molecule has 0 spiro atoms. The minimum absolute atomic E-state index is 0.778. The lowest BCUT2D eigenvalue weighted by molar-refractivity contribution is 0.170. The van der Waals surface area contributed by atoms with Crippen LogP contribution in [-0.4, -0.2) is 25.2 Å². The van der Waals surface area contributed by atoms with Crippen LogP contribution in [-0.2, 0) is 0 Å². The predicted octanol–water partition coefficient (Wildman–Crippen LogP) is 8.21. The first-order valence-electron chi connectivity index (χ1n) is 14.8. The van der Waals surface area contributed by atoms with Gasteiger partial charge in [-0.15, -0.1) is 0 Å². The number of rotatable bonds is 15. The summed E-state index contributed by atoms with van der Waals surface area (Å²) in [7, 11) is 0. The summed E-state index contributed by atoms with van der Waals surface area (Å²) < 4.78 is 0. The molecule has 0 saturated heterocycles. The molecule has 0 heterocycles. The third kappa shape index (κ3) is 10.5. The first-order valence-corrected chi connectivity index (χ1v) is 14.8. The zero-order valence-electron chi connectivity index (χ0n) is 22.9. The molecule has 0 bridgehead atoms. The van der Waals surface area contributed by atoms with Gasteiger partial charge in [0, 0.05) is 12.1 Å². The van der Waals surface area contributed by atoms with Gasteiger partial charge in [-0.25, -0.2) is 0 Å². The highest BCUT2D eigenvalue weighted by molar-refractivity contribution is 4.86. The van der Waals surface area contributed by atoms with Gasteiger partial charge in [-0.2, -0.15) is 0 Å². The van der Waals surface area contributed by atoms with Gasteiger partial charge >= 0.3 is 0 Å². The lowest BCUT2D eigenvalue weighted by atomic mass is 9.74. The Morgan fingerprint density at radius 1 is 0.531 bits per heavy atom. The van der Waals surface area contributed by atoms with Crippen molar-refractivity contribution in [3.8, 4) is 0 Å². The molecule has 0 radical (unpaired) electrons. The van der Waals surface area contributed by atoms with E-state index in [-0.39, 0.29) is 0 Å². The van der Waals surface area contributed by atoms with Crippen LogP contribution >= 0.6 is 0 Å². The Balaban J connectivity index is 1.41. The predicted molar refractivity (Wildman–Crippen MR) is 143 cm³/mol. The first-order chi connectivity index (χ1) is 15.4. The topological polar surface area (TPSA) is 24.1 Å². The molecule has 2 N–H and O–H groups in total. The van der Waals surface area contributed by atoms with Crippen molar-refractivity contribution in [1.29, 1.82) is 0 Å². The number of hydrogen-bond acceptors (Lipinski definition) is 2. The lowest BCUT2D eigenvalue weighted by Crippen LogP contribution is -2.43. The highest BCUT2D eigenvalue weighted by Gasteiger charge is 2.30. The SMILES string of the molecule is CC1CCC(C(C)C)C(NCCCCCCCCCCNC2CC(C)CCC2C(C)C)C1. The molecule has 190 valence electrons. The maximum Gasteiger partial charge on any atom is 0.0100 e. The maximum atomic E-state index is 3.94. The van der Waals surface area contributed by atoms with Gasteiger partial charge in [-0.1, -0.05) is 92.9 Å². The second-order valence-electron chi connectivity index (χ2n) is 12.6. The van der Waals surface area contributed by atoms with Crippen molar-refractivity contribution in [3.63, 3.8) is 0 Å². The van der Waals surface area contributed by atoms with Gasteiger partial charge in [0.15, 0.2) is 0 Å². The van der Waals surface area contributed by atoms with Crippen LogP contribution in [0.3, 0.4) is 0 Å². The Morgan fingerprint density at radius 3 is 1.22 bits per heavy atom. The van der Waals surface area contributed by atoms with Crippen molar-refractivity contribution in [1.82, 2.24) is 10.6 Å². The van der Waals surface area contributed by atoms with Crippen LogP contribution in [0.1, 0.15) is 131 Å². The van der Waals surface area contributed by atoms with Crippen molar-refractivity contribution >= 4 is 0 Å². The normalized spacial score (nSPS) is 31.5. The van der Waals surface area contributed by atoms with Crippen molar-refractivity contribution in [2.24, 2.45) is 35.5 Å². The summed E-state index contributed by atoms with van der Waals surface area (Å²) in [6.45, 7) is 17.1. The molecule has 0 aromatic heterocycles. The molecular weight excluding hydrogens is 388 g/mol. The monoisotopic (exact) mass is 448 g/mol. The number of nitrogens with one attached hydrogen (secondary N) is 2. The Morgan fingerprint density at radius 2 is 0.875 bits per heavy atom. The minimum atomic E-state index is 0.778. The van der Waals surface area contributed by atoms with Gasteiger partial charge in [0.05, 0.1) is 0 Å². The van der Waals surface area contributed by atoms with Crippen LogP contribution in [0.25, 0.3) is 0 Å². The lowest BCUT2D eigenvalue weighted by Gasteiger charge is -2.38. The fourth-order valence-corrected chi connectivity index (χ4v) is 6.76. The van der Waals surface area contributed by atoms with Gasteiger partial charge < -0.3 is 10.6 Å². The van der Waals surface area contributed by atoms with Crippen LogP contribution in [0.15, 0.2) is 0 Å². The Bertz CT molecular complexity index is 418. The summed E-state index contributed by atoms with van der Waals surface area (Å²) in [4.78, 5) is 0. The average molecular weight is 449 g/mol. The molecule has 0 aliphatic heterocycles. The minimum Gasteiger partial charge on any atom is -0.314 e. The van der Waals surface area contributed by atoms with E-state index in [0.717, 1.165) is 47.6 Å². The molecule has 6 atom stereocenters. The van der Waals surface area contributed by atoms with E-state index in [9.17, 15) is 0 Å². The quantitative estimate of drug-likeness (QED) is 0.247. The van der Waals surface area contributed by atoms with Gasteiger partial charge in [-0.3, -0.25) is 0 Å². The van der Waals surface area contributed by atoms with Crippen LogP contribution in [0.4, 0.5) is 0 Å². The van der Waals surface area contributed by atoms with E-state index in [0.29, 0.717) is 0 Å². The van der Waals surface area contributed by atoms with Crippen molar-refractivity contribution < 1.29 is 0 Å². The van der Waals surface area contributed by atoms with E-state index >= 15 is 0 Å². The average Bonchev–Trinajstić information content (AvgIpc) is 2.74. The van der Waals surface area contributed by atoms with Crippen molar-refractivity contribution in [2.75, 3.05) is 13.1 Å². The number of hydrogen-bond donors (Lipinski definition) is 2. The van der Waals surface area contributed by atoms with Gasteiger partial charge in [0.1, 0.15) is 0 Å². The van der Waals surface area contributed by atoms with Crippen LogP contribution in [0, 0.1) is 35.5 Å². The Labute approximate surface area is 202 Å².